The zero-order valence-electron chi connectivity index (χ0n) is 17.4. The van der Waals surface area contributed by atoms with Gasteiger partial charge >= 0.3 is 5.97 Å². The quantitative estimate of drug-likeness (QED) is 0.652. The van der Waals surface area contributed by atoms with Gasteiger partial charge in [-0.1, -0.05) is 0 Å². The smallest absolute Gasteiger partial charge is 0.341 e. The number of morpholine rings is 1. The number of nitrogens with one attached hydrogen (secondary N) is 1. The Morgan fingerprint density at radius 2 is 1.94 bits per heavy atom. The fourth-order valence-electron chi connectivity index (χ4n) is 3.11. The summed E-state index contributed by atoms with van der Waals surface area (Å²) in [6.07, 6.45) is 0. The van der Waals surface area contributed by atoms with Crippen molar-refractivity contribution in [2.24, 2.45) is 0 Å². The zero-order valence-corrected chi connectivity index (χ0v) is 19.0. The number of sulfonamides is 1. The first-order valence-electron chi connectivity index (χ1n) is 9.62. The van der Waals surface area contributed by atoms with Gasteiger partial charge in [-0.25, -0.2) is 17.6 Å². The molecule has 1 aromatic carbocycles. The number of anilines is 1. The van der Waals surface area contributed by atoms with Crippen molar-refractivity contribution >= 4 is 38.2 Å². The van der Waals surface area contributed by atoms with Crippen molar-refractivity contribution in [3.05, 3.63) is 45.6 Å². The number of aryl methyl sites for hydroxylation is 1. The number of hydrogen-bond acceptors (Lipinski definition) is 7. The Balaban J connectivity index is 1.91. The van der Waals surface area contributed by atoms with Crippen molar-refractivity contribution in [3.8, 4) is 0 Å². The second kappa shape index (κ2) is 9.43. The summed E-state index contributed by atoms with van der Waals surface area (Å²) in [6, 6.07) is 3.15. The number of ether oxygens (including phenoxy) is 2. The summed E-state index contributed by atoms with van der Waals surface area (Å²) in [4.78, 5) is 25.4. The number of carbonyl (C=O) groups is 2. The molecular formula is C20H23FN2O6S2. The summed E-state index contributed by atoms with van der Waals surface area (Å²) in [5, 5.41) is 2.93. The van der Waals surface area contributed by atoms with Gasteiger partial charge in [-0.2, -0.15) is 4.31 Å². The Labute approximate surface area is 184 Å². The average molecular weight is 471 g/mol. The first-order chi connectivity index (χ1) is 14.7. The fraction of sp³-hybridized carbons (Fsp3) is 0.400. The average Bonchev–Trinajstić information content (AvgIpc) is 3.02. The third-order valence-electron chi connectivity index (χ3n) is 4.87. The number of esters is 1. The molecule has 1 N–H and O–H groups in total. The first kappa shape index (κ1) is 23.3. The molecule has 1 aliphatic rings. The predicted octanol–water partition coefficient (Wildman–Crippen LogP) is 2.95. The molecule has 1 aliphatic heterocycles. The molecule has 8 nitrogen and oxygen atoms in total. The van der Waals surface area contributed by atoms with Gasteiger partial charge in [0.15, 0.2) is 0 Å². The highest BCUT2D eigenvalue weighted by Crippen LogP contribution is 2.33. The van der Waals surface area contributed by atoms with Gasteiger partial charge in [0.25, 0.3) is 5.91 Å². The summed E-state index contributed by atoms with van der Waals surface area (Å²) >= 11 is 1.21. The molecule has 0 unspecified atom stereocenters. The van der Waals surface area contributed by atoms with Gasteiger partial charge < -0.3 is 14.8 Å². The number of carbonyl (C=O) groups excluding carboxylic acids is 2. The van der Waals surface area contributed by atoms with Crippen LogP contribution in [0.15, 0.2) is 23.1 Å². The lowest BCUT2D eigenvalue weighted by Crippen LogP contribution is -2.41. The molecule has 2 heterocycles. The highest BCUT2D eigenvalue weighted by Gasteiger charge is 2.30. The minimum absolute atomic E-state index is 0.0493. The molecule has 1 saturated heterocycles. The zero-order chi connectivity index (χ0) is 22.8. The minimum Gasteiger partial charge on any atom is -0.462 e. The van der Waals surface area contributed by atoms with Crippen LogP contribution in [0.5, 0.6) is 0 Å². The molecule has 11 heteroatoms. The van der Waals surface area contributed by atoms with E-state index in [1.807, 2.05) is 6.92 Å². The third kappa shape index (κ3) is 4.79. The van der Waals surface area contributed by atoms with Gasteiger partial charge in [0.05, 0.1) is 25.4 Å². The van der Waals surface area contributed by atoms with Crippen LogP contribution in [0.25, 0.3) is 0 Å². The van der Waals surface area contributed by atoms with Crippen LogP contribution in [0.2, 0.25) is 0 Å². The van der Waals surface area contributed by atoms with E-state index in [1.165, 1.54) is 17.4 Å². The van der Waals surface area contributed by atoms with Crippen LogP contribution in [-0.4, -0.2) is 57.5 Å². The first-order valence-corrected chi connectivity index (χ1v) is 11.9. The number of nitrogens with zero attached hydrogens (tertiary/aromatic N) is 1. The molecule has 0 bridgehead atoms. The van der Waals surface area contributed by atoms with Gasteiger partial charge in [0.2, 0.25) is 10.0 Å². The molecule has 0 atom stereocenters. The molecule has 31 heavy (non-hydrogen) atoms. The lowest BCUT2D eigenvalue weighted by atomic mass is 10.1. The Bertz CT molecular complexity index is 1110. The van der Waals surface area contributed by atoms with E-state index in [-0.39, 0.29) is 44.0 Å². The lowest BCUT2D eigenvalue weighted by molar-refractivity contribution is 0.0527. The Morgan fingerprint density at radius 3 is 2.58 bits per heavy atom. The molecule has 1 aromatic heterocycles. The maximum atomic E-state index is 14.4. The predicted molar refractivity (Wildman–Crippen MR) is 114 cm³/mol. The molecule has 0 radical (unpaired) electrons. The van der Waals surface area contributed by atoms with Crippen molar-refractivity contribution in [1.82, 2.24) is 4.31 Å². The molecule has 2 aromatic rings. The second-order valence-electron chi connectivity index (χ2n) is 6.82. The van der Waals surface area contributed by atoms with Crippen LogP contribution in [0.1, 0.15) is 38.1 Å². The van der Waals surface area contributed by atoms with Crippen LogP contribution in [0.4, 0.5) is 9.39 Å². The van der Waals surface area contributed by atoms with Crippen molar-refractivity contribution in [2.45, 2.75) is 25.7 Å². The van der Waals surface area contributed by atoms with E-state index in [1.54, 1.807) is 13.8 Å². The van der Waals surface area contributed by atoms with E-state index in [0.717, 1.165) is 21.3 Å². The molecule has 3 rings (SSSR count). The number of amides is 1. The van der Waals surface area contributed by atoms with Gasteiger partial charge in [-0.3, -0.25) is 4.79 Å². The van der Waals surface area contributed by atoms with Crippen LogP contribution >= 0.6 is 11.3 Å². The largest absolute Gasteiger partial charge is 0.462 e. The standard InChI is InChI=1S/C20H23FN2O6S2/c1-4-29-20(25)17-12(2)13(3)30-19(17)22-18(24)14-5-6-15(21)16(11-14)31(26,27)23-7-9-28-10-8-23/h5-6,11H,4,7-10H2,1-3H3,(H,22,24). The summed E-state index contributed by atoms with van der Waals surface area (Å²) in [5.41, 5.74) is 0.890. The van der Waals surface area contributed by atoms with Gasteiger partial charge in [-0.05, 0) is 44.5 Å². The maximum absolute atomic E-state index is 14.4. The Morgan fingerprint density at radius 1 is 1.26 bits per heavy atom. The van der Waals surface area contributed by atoms with E-state index < -0.39 is 32.6 Å². The highest BCUT2D eigenvalue weighted by molar-refractivity contribution is 7.89. The molecule has 1 amide bonds. The van der Waals surface area contributed by atoms with Crippen molar-refractivity contribution in [1.29, 1.82) is 0 Å². The maximum Gasteiger partial charge on any atom is 0.341 e. The molecular weight excluding hydrogens is 447 g/mol. The SMILES string of the molecule is CCOC(=O)c1c(NC(=O)c2ccc(F)c(S(=O)(=O)N3CCOCC3)c2)sc(C)c1C. The lowest BCUT2D eigenvalue weighted by Gasteiger charge is -2.26. The van der Waals surface area contributed by atoms with Crippen molar-refractivity contribution < 1.29 is 31.9 Å². The summed E-state index contributed by atoms with van der Waals surface area (Å²) < 4.78 is 51.4. The molecule has 168 valence electrons. The van der Waals surface area contributed by atoms with Crippen molar-refractivity contribution in [2.75, 3.05) is 38.2 Å². The number of halogens is 1. The van der Waals surface area contributed by atoms with E-state index in [9.17, 15) is 22.4 Å². The molecule has 0 aliphatic carbocycles. The summed E-state index contributed by atoms with van der Waals surface area (Å²) in [7, 11) is -4.13. The van der Waals surface area contributed by atoms with E-state index in [2.05, 4.69) is 5.32 Å². The van der Waals surface area contributed by atoms with Gasteiger partial charge in [0, 0.05) is 23.5 Å². The van der Waals surface area contributed by atoms with Crippen LogP contribution in [0, 0.1) is 19.7 Å². The fourth-order valence-corrected chi connectivity index (χ4v) is 5.65. The van der Waals surface area contributed by atoms with Crippen LogP contribution in [-0.2, 0) is 19.5 Å². The van der Waals surface area contributed by atoms with Gasteiger partial charge in [0.1, 0.15) is 15.7 Å². The highest BCUT2D eigenvalue weighted by atomic mass is 32.2. The van der Waals surface area contributed by atoms with E-state index in [4.69, 9.17) is 9.47 Å². The second-order valence-corrected chi connectivity index (χ2v) is 9.95. The number of hydrogen-bond donors (Lipinski definition) is 1. The minimum atomic E-state index is -4.13. The van der Waals surface area contributed by atoms with Gasteiger partial charge in [-0.15, -0.1) is 11.3 Å². The monoisotopic (exact) mass is 470 g/mol. The molecule has 1 fully saturated rings. The number of benzene rings is 1. The normalized spacial score (nSPS) is 15.0. The molecule has 0 spiro atoms. The number of thiophene rings is 1. The number of rotatable bonds is 6. The molecule has 0 saturated carbocycles. The van der Waals surface area contributed by atoms with E-state index >= 15 is 0 Å². The van der Waals surface area contributed by atoms with Crippen molar-refractivity contribution in [3.63, 3.8) is 0 Å². The van der Waals surface area contributed by atoms with Crippen LogP contribution in [0.3, 0.4) is 0 Å². The Hall–Kier alpha value is -2.34. The van der Waals surface area contributed by atoms with E-state index in [0.29, 0.717) is 10.6 Å². The Kier molecular flexibility index (Phi) is 7.10. The van der Waals surface area contributed by atoms with Crippen LogP contribution < -0.4 is 5.32 Å². The summed E-state index contributed by atoms with van der Waals surface area (Å²) in [6.45, 7) is 6.07. The summed E-state index contributed by atoms with van der Waals surface area (Å²) in [5.74, 6) is -2.17. The topological polar surface area (TPSA) is 102 Å². The third-order valence-corrected chi connectivity index (χ3v) is 7.91.